The summed E-state index contributed by atoms with van der Waals surface area (Å²) >= 11 is 0. The SMILES string of the molecule is C=C1NC(=O)C=CN1C(C)C.CC(C)n1ccc(N)nc1=O.Cc1cn(C(C)C)c(=O)[nH]c1=O.Cc1nc(N)c2ncn(C(C)C)c2n1.Cc1nc(N)c2ncn(C(C)C)c2n1.Cc1nc2c(ncn2C(C)C)c(=O)[nH]1. The third-order valence-electron chi connectivity index (χ3n) is 11.0. The first-order valence-electron chi connectivity index (χ1n) is 24.5. The van der Waals surface area contributed by atoms with E-state index in [1.54, 1.807) is 57.5 Å². The van der Waals surface area contributed by atoms with Gasteiger partial charge in [-0.05, 0) is 117 Å². The van der Waals surface area contributed by atoms with Crippen molar-refractivity contribution in [3.8, 4) is 0 Å². The quantitative estimate of drug-likeness (QED) is 0.124. The molecule has 0 atom stereocenters. The number of anilines is 3. The fraction of sp³-hybridized carbons (Fsp3) is 0.440. The maximum Gasteiger partial charge on any atom is 0.349 e. The van der Waals surface area contributed by atoms with Crippen LogP contribution < -0.4 is 45.0 Å². The number of nitrogen functional groups attached to an aromatic ring is 3. The Morgan fingerprint density at radius 1 is 0.526 bits per heavy atom. The molecule has 9 heterocycles. The van der Waals surface area contributed by atoms with E-state index in [0.29, 0.717) is 80.8 Å². The Bertz CT molecular complexity index is 3480. The number of nitrogens with zero attached hydrogens (tertiary/aromatic N) is 15. The summed E-state index contributed by atoms with van der Waals surface area (Å²) in [6, 6.07) is 3.07. The normalized spacial score (nSPS) is 12.1. The largest absolute Gasteiger partial charge is 0.383 e. The van der Waals surface area contributed by atoms with Crippen LogP contribution in [0, 0.1) is 27.7 Å². The molecule has 0 unspecified atom stereocenters. The highest BCUT2D eigenvalue weighted by Crippen LogP contribution is 2.20. The van der Waals surface area contributed by atoms with Crippen molar-refractivity contribution in [3.05, 3.63) is 127 Å². The lowest BCUT2D eigenvalue weighted by Gasteiger charge is -2.29. The number of aromatic amines is 2. The van der Waals surface area contributed by atoms with Crippen LogP contribution in [0.3, 0.4) is 0 Å². The van der Waals surface area contributed by atoms with Gasteiger partial charge in [-0.3, -0.25) is 28.5 Å². The number of fused-ring (bicyclic) bond motifs is 3. The summed E-state index contributed by atoms with van der Waals surface area (Å²) in [5, 5.41) is 2.62. The Kier molecular flexibility index (Phi) is 20.3. The molecule has 0 bridgehead atoms. The number of hydrogen-bond donors (Lipinski definition) is 6. The minimum absolute atomic E-state index is 0.0769. The molecule has 9 N–H and O–H groups in total. The number of aromatic nitrogens is 16. The van der Waals surface area contributed by atoms with Crippen molar-refractivity contribution < 1.29 is 4.79 Å². The van der Waals surface area contributed by atoms with Gasteiger partial charge in [-0.15, -0.1) is 0 Å². The van der Waals surface area contributed by atoms with E-state index >= 15 is 0 Å². The van der Waals surface area contributed by atoms with E-state index in [9.17, 15) is 24.0 Å². The van der Waals surface area contributed by atoms with E-state index in [1.807, 2.05) is 87.8 Å². The van der Waals surface area contributed by atoms with E-state index in [1.165, 1.54) is 15.2 Å². The van der Waals surface area contributed by atoms with Gasteiger partial charge in [0.2, 0.25) is 0 Å². The van der Waals surface area contributed by atoms with Gasteiger partial charge in [0.25, 0.3) is 17.0 Å². The number of rotatable bonds is 6. The zero-order chi connectivity index (χ0) is 57.0. The van der Waals surface area contributed by atoms with Crippen LogP contribution in [0.1, 0.15) is 136 Å². The second-order valence-electron chi connectivity index (χ2n) is 19.2. The monoisotopic (exact) mass is 1050 g/mol. The fourth-order valence-electron chi connectivity index (χ4n) is 7.03. The zero-order valence-corrected chi connectivity index (χ0v) is 46.3. The first-order valence-corrected chi connectivity index (χ1v) is 24.5. The second-order valence-corrected chi connectivity index (χ2v) is 19.2. The van der Waals surface area contributed by atoms with Crippen molar-refractivity contribution in [2.24, 2.45) is 0 Å². The number of nitrogens with one attached hydrogen (secondary N) is 3. The van der Waals surface area contributed by atoms with E-state index < -0.39 is 0 Å². The molecule has 1 aliphatic rings. The van der Waals surface area contributed by atoms with Crippen molar-refractivity contribution in [1.29, 1.82) is 0 Å². The molecule has 26 heteroatoms. The Labute approximate surface area is 439 Å². The van der Waals surface area contributed by atoms with Crippen LogP contribution in [-0.4, -0.2) is 94.5 Å². The van der Waals surface area contributed by atoms with Crippen LogP contribution in [-0.2, 0) is 4.79 Å². The summed E-state index contributed by atoms with van der Waals surface area (Å²) in [4.78, 5) is 99.2. The van der Waals surface area contributed by atoms with Crippen molar-refractivity contribution in [2.45, 2.75) is 147 Å². The summed E-state index contributed by atoms with van der Waals surface area (Å²) in [6.45, 7) is 34.8. The molecule has 0 fully saturated rings. The molecule has 408 valence electrons. The molecule has 8 aromatic heterocycles. The van der Waals surface area contributed by atoms with E-state index in [2.05, 4.69) is 94.4 Å². The summed E-state index contributed by atoms with van der Waals surface area (Å²) in [5.41, 5.74) is 20.3. The molecule has 0 saturated carbocycles. The maximum atomic E-state index is 11.5. The van der Waals surface area contributed by atoms with Crippen LogP contribution in [0.15, 0.2) is 81.3 Å². The van der Waals surface area contributed by atoms with Crippen LogP contribution in [0.2, 0.25) is 0 Å². The minimum atomic E-state index is -0.347. The number of carbonyl (C=O) groups excluding carboxylic acids is 1. The smallest absolute Gasteiger partial charge is 0.349 e. The standard InChI is InChI=1S/2C9H13N5.C9H12N4O.C8H12N2O2.C8H12N2O.C7H11N3O/c2*1-5(2)14-4-11-7-8(10)12-6(3)13-9(7)14;1-5(2)13-4-10-7-8(13)11-6(3)12-9(7)14;1-5(2)10-4-6(3)7(11)9-8(10)12;1-6(2)10-5-4-8(11)9-7(10)3;1-5(2)10-4-3-6(8)9-7(10)11/h2*4-5H,1-3H3,(H2,10,12,13);4-5H,1-3H3,(H,11,12,14);4-5H,1-3H3,(H,9,11,12);4-6H,3H2,1-2H3,(H,9,11);3-5H,1-2H3,(H2,8,9,11). The van der Waals surface area contributed by atoms with Gasteiger partial charge in [0, 0.05) is 66.5 Å². The lowest BCUT2D eigenvalue weighted by atomic mass is 10.3. The highest BCUT2D eigenvalue weighted by atomic mass is 16.2. The van der Waals surface area contributed by atoms with E-state index in [0.717, 1.165) is 11.3 Å². The number of nitrogens with two attached hydrogens (primary N) is 3. The summed E-state index contributed by atoms with van der Waals surface area (Å²) < 4.78 is 8.88. The lowest BCUT2D eigenvalue weighted by Crippen LogP contribution is -2.38. The van der Waals surface area contributed by atoms with Crippen LogP contribution in [0.25, 0.3) is 33.5 Å². The lowest BCUT2D eigenvalue weighted by molar-refractivity contribution is -0.116. The van der Waals surface area contributed by atoms with Gasteiger partial charge in [-0.1, -0.05) is 6.58 Å². The molecule has 1 aliphatic heterocycles. The predicted molar refractivity (Wildman–Crippen MR) is 296 cm³/mol. The number of aryl methyl sites for hydroxylation is 4. The first kappa shape index (κ1) is 59.7. The average Bonchev–Trinajstić information content (AvgIpc) is 4.06. The average molecular weight is 1050 g/mol. The van der Waals surface area contributed by atoms with Gasteiger partial charge in [-0.25, -0.2) is 49.5 Å². The third kappa shape index (κ3) is 15.4. The molecular weight excluding hydrogens is 975 g/mol. The maximum absolute atomic E-state index is 11.5. The predicted octanol–water partition coefficient (Wildman–Crippen LogP) is 5.25. The van der Waals surface area contributed by atoms with Crippen LogP contribution in [0.4, 0.5) is 17.5 Å². The van der Waals surface area contributed by atoms with Gasteiger partial charge in [-0.2, -0.15) is 4.98 Å². The molecule has 0 saturated heterocycles. The first-order chi connectivity index (χ1) is 35.5. The molecule has 1 amide bonds. The molecule has 26 nitrogen and oxygen atoms in total. The minimum Gasteiger partial charge on any atom is -0.383 e. The van der Waals surface area contributed by atoms with Crippen LogP contribution in [0.5, 0.6) is 0 Å². The summed E-state index contributed by atoms with van der Waals surface area (Å²) in [5.74, 6) is 3.69. The molecule has 0 aliphatic carbocycles. The fourth-order valence-corrected chi connectivity index (χ4v) is 7.03. The highest BCUT2D eigenvalue weighted by Gasteiger charge is 2.16. The molecule has 9 rings (SSSR count). The van der Waals surface area contributed by atoms with Gasteiger partial charge in [0.15, 0.2) is 34.1 Å². The molecular formula is C50H73N21O5. The number of imidazole rings is 3. The summed E-state index contributed by atoms with van der Waals surface area (Å²) in [7, 11) is 0. The Hall–Kier alpha value is -8.84. The molecule has 8 aromatic rings. The van der Waals surface area contributed by atoms with Crippen molar-refractivity contribution in [1.82, 2.24) is 87.9 Å². The van der Waals surface area contributed by atoms with Crippen molar-refractivity contribution in [3.63, 3.8) is 0 Å². The van der Waals surface area contributed by atoms with Crippen molar-refractivity contribution >= 4 is 56.9 Å². The van der Waals surface area contributed by atoms with Gasteiger partial charge in [0.1, 0.15) is 40.1 Å². The zero-order valence-electron chi connectivity index (χ0n) is 46.3. The summed E-state index contributed by atoms with van der Waals surface area (Å²) in [6.07, 6.45) is 11.6. The van der Waals surface area contributed by atoms with E-state index in [-0.39, 0.29) is 52.3 Å². The molecule has 0 aromatic carbocycles. The number of hydrogen-bond acceptors (Lipinski definition) is 18. The Morgan fingerprint density at radius 2 is 0.974 bits per heavy atom. The number of carbonyl (C=O) groups is 1. The molecule has 76 heavy (non-hydrogen) atoms. The Morgan fingerprint density at radius 3 is 1.39 bits per heavy atom. The van der Waals surface area contributed by atoms with Gasteiger partial charge in [0.05, 0.1) is 19.0 Å². The highest BCUT2D eigenvalue weighted by molar-refractivity contribution is 5.89. The molecule has 0 radical (unpaired) electrons. The molecule has 0 spiro atoms. The number of H-pyrrole nitrogens is 2. The van der Waals surface area contributed by atoms with Crippen molar-refractivity contribution in [2.75, 3.05) is 17.2 Å². The van der Waals surface area contributed by atoms with Gasteiger partial charge < -0.3 is 46.1 Å². The topological polar surface area (TPSA) is 351 Å². The second kappa shape index (κ2) is 25.9. The van der Waals surface area contributed by atoms with E-state index in [4.69, 9.17) is 17.2 Å². The Balaban J connectivity index is 0.000000198. The number of amides is 1. The third-order valence-corrected chi connectivity index (χ3v) is 11.0. The van der Waals surface area contributed by atoms with Crippen LogP contribution >= 0.6 is 0 Å². The van der Waals surface area contributed by atoms with Gasteiger partial charge >= 0.3 is 11.4 Å².